The molecule has 1 aliphatic rings. The van der Waals surface area contributed by atoms with Gasteiger partial charge in [0.25, 0.3) is 0 Å². The van der Waals surface area contributed by atoms with Crippen molar-refractivity contribution < 1.29 is 18.9 Å². The summed E-state index contributed by atoms with van der Waals surface area (Å²) in [6.07, 6.45) is 0.453. The molecule has 1 aromatic carbocycles. The fourth-order valence-corrected chi connectivity index (χ4v) is 2.01. The minimum absolute atomic E-state index is 0.298. The van der Waals surface area contributed by atoms with Crippen LogP contribution in [0.2, 0.25) is 0 Å². The molecule has 0 unspecified atom stereocenters. The molecule has 2 rings (SSSR count). The summed E-state index contributed by atoms with van der Waals surface area (Å²) < 4.78 is 19.0. The number of halogens is 1. The van der Waals surface area contributed by atoms with Crippen molar-refractivity contribution in [2.45, 2.75) is 19.4 Å². The minimum Gasteiger partial charge on any atom is -0.423 e. The van der Waals surface area contributed by atoms with E-state index in [-0.39, 0.29) is 0 Å². The second-order valence-corrected chi connectivity index (χ2v) is 4.17. The molecule has 6 heteroatoms. The SMILES string of the molecule is CC1(C)OB(O)c2cc(NC=O)cc(F)c21. The Morgan fingerprint density at radius 3 is 2.88 bits per heavy atom. The summed E-state index contributed by atoms with van der Waals surface area (Å²) in [5, 5.41) is 12.0. The third-order valence-electron chi connectivity index (χ3n) is 2.62. The zero-order valence-electron chi connectivity index (χ0n) is 8.95. The Kier molecular flexibility index (Phi) is 2.48. The third-order valence-corrected chi connectivity index (χ3v) is 2.62. The van der Waals surface area contributed by atoms with Crippen LogP contribution in [0, 0.1) is 5.82 Å². The Hall–Kier alpha value is -1.40. The number of hydrogen-bond acceptors (Lipinski definition) is 3. The summed E-state index contributed by atoms with van der Waals surface area (Å²) in [5.41, 5.74) is 0.121. The number of carbonyl (C=O) groups excluding carboxylic acids is 1. The zero-order valence-corrected chi connectivity index (χ0v) is 8.95. The van der Waals surface area contributed by atoms with E-state index in [1.807, 2.05) is 0 Å². The van der Waals surface area contributed by atoms with Gasteiger partial charge in [0.05, 0.1) is 5.60 Å². The monoisotopic (exact) mass is 223 g/mol. The van der Waals surface area contributed by atoms with Gasteiger partial charge in [0.15, 0.2) is 0 Å². The van der Waals surface area contributed by atoms with Gasteiger partial charge in [0.2, 0.25) is 6.41 Å². The molecule has 4 nitrogen and oxygen atoms in total. The van der Waals surface area contributed by atoms with Gasteiger partial charge in [-0.25, -0.2) is 4.39 Å². The van der Waals surface area contributed by atoms with Crippen LogP contribution in [0.4, 0.5) is 10.1 Å². The molecule has 0 saturated heterocycles. The van der Waals surface area contributed by atoms with Crippen molar-refractivity contribution in [2.24, 2.45) is 0 Å². The van der Waals surface area contributed by atoms with Crippen molar-refractivity contribution in [2.75, 3.05) is 5.32 Å². The van der Waals surface area contributed by atoms with E-state index >= 15 is 0 Å². The maximum atomic E-state index is 13.8. The molecule has 1 aliphatic heterocycles. The molecule has 2 N–H and O–H groups in total. The van der Waals surface area contributed by atoms with Crippen LogP contribution in [0.1, 0.15) is 19.4 Å². The van der Waals surface area contributed by atoms with Gasteiger partial charge in [-0.1, -0.05) is 0 Å². The summed E-state index contributed by atoms with van der Waals surface area (Å²) in [4.78, 5) is 10.3. The van der Waals surface area contributed by atoms with Crippen molar-refractivity contribution in [1.29, 1.82) is 0 Å². The largest absolute Gasteiger partial charge is 0.492 e. The molecular formula is C10H11BFNO3. The predicted molar refractivity (Wildman–Crippen MR) is 57.8 cm³/mol. The standard InChI is InChI=1S/C10H11BFNO3/c1-10(2)9-7(11(15)16-10)3-6(13-5-14)4-8(9)12/h3-5,15H,1-2H3,(H,13,14). The summed E-state index contributed by atoms with van der Waals surface area (Å²) in [6, 6.07) is 2.71. The third kappa shape index (κ3) is 1.60. The van der Waals surface area contributed by atoms with Gasteiger partial charge < -0.3 is 15.0 Å². The highest BCUT2D eigenvalue weighted by Crippen LogP contribution is 2.32. The first-order valence-electron chi connectivity index (χ1n) is 4.85. The van der Waals surface area contributed by atoms with Crippen molar-refractivity contribution in [3.05, 3.63) is 23.5 Å². The lowest BCUT2D eigenvalue weighted by Crippen LogP contribution is -2.29. The van der Waals surface area contributed by atoms with Crippen molar-refractivity contribution in [1.82, 2.24) is 0 Å². The van der Waals surface area contributed by atoms with E-state index in [1.54, 1.807) is 13.8 Å². The quantitative estimate of drug-likeness (QED) is 0.561. The van der Waals surface area contributed by atoms with E-state index in [0.717, 1.165) is 0 Å². The fourth-order valence-electron chi connectivity index (χ4n) is 2.01. The van der Waals surface area contributed by atoms with E-state index in [1.165, 1.54) is 12.1 Å². The van der Waals surface area contributed by atoms with E-state index < -0.39 is 18.5 Å². The molecule has 0 radical (unpaired) electrons. The maximum absolute atomic E-state index is 13.8. The van der Waals surface area contributed by atoms with Crippen molar-refractivity contribution in [3.8, 4) is 0 Å². The number of hydrogen-bond donors (Lipinski definition) is 2. The molecule has 0 saturated carbocycles. The molecule has 84 valence electrons. The Morgan fingerprint density at radius 2 is 2.25 bits per heavy atom. The topological polar surface area (TPSA) is 58.6 Å². The second kappa shape index (κ2) is 3.57. The molecule has 0 atom stereocenters. The summed E-state index contributed by atoms with van der Waals surface area (Å²) in [5.74, 6) is -0.497. The van der Waals surface area contributed by atoms with Crippen LogP contribution in [-0.2, 0) is 15.0 Å². The smallest absolute Gasteiger partial charge is 0.423 e. The Labute approximate surface area is 92.6 Å². The summed E-state index contributed by atoms with van der Waals surface area (Å²) in [7, 11) is -1.16. The number of amides is 1. The van der Waals surface area contributed by atoms with Crippen molar-refractivity contribution >= 4 is 24.7 Å². The summed E-state index contributed by atoms with van der Waals surface area (Å²) >= 11 is 0. The zero-order chi connectivity index (χ0) is 11.9. The lowest BCUT2D eigenvalue weighted by molar-refractivity contribution is -0.105. The van der Waals surface area contributed by atoms with Gasteiger partial charge in [-0.05, 0) is 31.4 Å². The Balaban J connectivity index is 2.57. The van der Waals surface area contributed by atoms with Gasteiger partial charge >= 0.3 is 7.12 Å². The molecule has 1 amide bonds. The van der Waals surface area contributed by atoms with Crippen LogP contribution in [0.5, 0.6) is 0 Å². The average molecular weight is 223 g/mol. The first-order valence-corrected chi connectivity index (χ1v) is 4.85. The van der Waals surface area contributed by atoms with E-state index in [2.05, 4.69) is 5.32 Å². The first-order chi connectivity index (χ1) is 7.45. The van der Waals surface area contributed by atoms with Gasteiger partial charge in [-0.3, -0.25) is 4.79 Å². The van der Waals surface area contributed by atoms with Gasteiger partial charge in [-0.15, -0.1) is 0 Å². The first kappa shape index (κ1) is 11.1. The van der Waals surface area contributed by atoms with E-state index in [9.17, 15) is 14.2 Å². The van der Waals surface area contributed by atoms with Crippen LogP contribution >= 0.6 is 0 Å². The molecule has 0 aliphatic carbocycles. The Bertz CT molecular complexity index is 450. The molecular weight excluding hydrogens is 212 g/mol. The predicted octanol–water partition coefficient (Wildman–Crippen LogP) is 0.347. The van der Waals surface area contributed by atoms with E-state index in [4.69, 9.17) is 4.65 Å². The van der Waals surface area contributed by atoms with Gasteiger partial charge in [-0.2, -0.15) is 0 Å². The molecule has 1 aromatic rings. The fraction of sp³-hybridized carbons (Fsp3) is 0.300. The molecule has 0 bridgehead atoms. The minimum atomic E-state index is -1.16. The van der Waals surface area contributed by atoms with Gasteiger partial charge in [0, 0.05) is 11.3 Å². The summed E-state index contributed by atoms with van der Waals surface area (Å²) in [6.45, 7) is 3.36. The number of rotatable bonds is 2. The second-order valence-electron chi connectivity index (χ2n) is 4.17. The Morgan fingerprint density at radius 1 is 1.56 bits per heavy atom. The van der Waals surface area contributed by atoms with Crippen LogP contribution in [0.15, 0.2) is 12.1 Å². The lowest BCUT2D eigenvalue weighted by atomic mass is 9.78. The number of carbonyl (C=O) groups is 1. The molecule has 0 fully saturated rings. The highest BCUT2D eigenvalue weighted by atomic mass is 19.1. The number of fused-ring (bicyclic) bond motifs is 1. The normalized spacial score (nSPS) is 17.1. The highest BCUT2D eigenvalue weighted by molar-refractivity contribution is 6.62. The average Bonchev–Trinajstić information content (AvgIpc) is 2.37. The molecule has 1 heterocycles. The molecule has 0 aromatic heterocycles. The van der Waals surface area contributed by atoms with Crippen LogP contribution in [-0.4, -0.2) is 18.6 Å². The number of anilines is 1. The van der Waals surface area contributed by atoms with Gasteiger partial charge in [0.1, 0.15) is 5.82 Å². The highest BCUT2D eigenvalue weighted by Gasteiger charge is 2.43. The van der Waals surface area contributed by atoms with Crippen LogP contribution in [0.3, 0.4) is 0 Å². The number of nitrogens with one attached hydrogen (secondary N) is 1. The van der Waals surface area contributed by atoms with Crippen LogP contribution in [0.25, 0.3) is 0 Å². The molecule has 16 heavy (non-hydrogen) atoms. The maximum Gasteiger partial charge on any atom is 0.492 e. The van der Waals surface area contributed by atoms with Crippen molar-refractivity contribution in [3.63, 3.8) is 0 Å². The van der Waals surface area contributed by atoms with E-state index in [0.29, 0.717) is 23.1 Å². The van der Waals surface area contributed by atoms with Crippen LogP contribution < -0.4 is 10.8 Å². The number of benzene rings is 1. The lowest BCUT2D eigenvalue weighted by Gasteiger charge is -2.20. The molecule has 0 spiro atoms.